The standard InChI is InChI=1S/C26H30N2O2/c1-3-30-26(29)18-25(23-15-10-16-24(27)17-23)28(19-21-11-6-4-7-12-21)20(2)22-13-8-5-9-14-22/h4-17,20,25H,3,18-19,27H2,1-2H3/t20-,25+/m1/s1. The molecular formula is C26H30N2O2. The normalized spacial score (nSPS) is 13.0. The lowest BCUT2D eigenvalue weighted by atomic mass is 9.96. The molecule has 0 fully saturated rings. The molecule has 2 N–H and O–H groups in total. The highest BCUT2D eigenvalue weighted by molar-refractivity contribution is 5.70. The molecule has 0 spiro atoms. The molecule has 0 aromatic heterocycles. The summed E-state index contributed by atoms with van der Waals surface area (Å²) in [6, 6.07) is 28.4. The van der Waals surface area contributed by atoms with Crippen LogP contribution in [0.1, 0.15) is 49.0 Å². The van der Waals surface area contributed by atoms with E-state index in [2.05, 4.69) is 36.1 Å². The van der Waals surface area contributed by atoms with Gasteiger partial charge >= 0.3 is 5.97 Å². The number of rotatable bonds is 9. The van der Waals surface area contributed by atoms with Gasteiger partial charge in [0, 0.05) is 24.3 Å². The Morgan fingerprint density at radius 3 is 2.20 bits per heavy atom. The molecular weight excluding hydrogens is 372 g/mol. The average Bonchev–Trinajstić information content (AvgIpc) is 2.77. The highest BCUT2D eigenvalue weighted by Crippen LogP contribution is 2.35. The lowest BCUT2D eigenvalue weighted by molar-refractivity contribution is -0.145. The Kier molecular flexibility index (Phi) is 7.63. The van der Waals surface area contributed by atoms with E-state index in [4.69, 9.17) is 10.5 Å². The topological polar surface area (TPSA) is 55.6 Å². The van der Waals surface area contributed by atoms with Crippen molar-refractivity contribution >= 4 is 11.7 Å². The fourth-order valence-corrected chi connectivity index (χ4v) is 3.80. The van der Waals surface area contributed by atoms with E-state index < -0.39 is 0 Å². The molecule has 0 heterocycles. The molecule has 0 saturated heterocycles. The molecule has 0 aliphatic heterocycles. The molecule has 0 saturated carbocycles. The minimum atomic E-state index is -0.205. The summed E-state index contributed by atoms with van der Waals surface area (Å²) in [6.07, 6.45) is 0.265. The highest BCUT2D eigenvalue weighted by atomic mass is 16.5. The molecule has 156 valence electrons. The summed E-state index contributed by atoms with van der Waals surface area (Å²) in [4.78, 5) is 14.9. The van der Waals surface area contributed by atoms with Crippen LogP contribution in [0.25, 0.3) is 0 Å². The maximum absolute atomic E-state index is 12.5. The quantitative estimate of drug-likeness (QED) is 0.378. The maximum atomic E-state index is 12.5. The van der Waals surface area contributed by atoms with E-state index in [-0.39, 0.29) is 24.5 Å². The molecule has 0 unspecified atom stereocenters. The van der Waals surface area contributed by atoms with Crippen molar-refractivity contribution < 1.29 is 9.53 Å². The van der Waals surface area contributed by atoms with Gasteiger partial charge in [-0.25, -0.2) is 0 Å². The molecule has 0 aliphatic carbocycles. The van der Waals surface area contributed by atoms with Gasteiger partial charge in [0.05, 0.1) is 13.0 Å². The van der Waals surface area contributed by atoms with Crippen molar-refractivity contribution in [3.05, 3.63) is 102 Å². The van der Waals surface area contributed by atoms with Crippen LogP contribution in [0.3, 0.4) is 0 Å². The zero-order valence-electron chi connectivity index (χ0n) is 17.7. The summed E-state index contributed by atoms with van der Waals surface area (Å²) in [5, 5.41) is 0. The second-order valence-electron chi connectivity index (χ2n) is 7.44. The largest absolute Gasteiger partial charge is 0.466 e. The Morgan fingerprint density at radius 2 is 1.57 bits per heavy atom. The van der Waals surface area contributed by atoms with Crippen LogP contribution in [0, 0.1) is 0 Å². The number of nitrogen functional groups attached to an aromatic ring is 1. The van der Waals surface area contributed by atoms with Gasteiger partial charge in [-0.05, 0) is 42.7 Å². The van der Waals surface area contributed by atoms with Crippen molar-refractivity contribution in [1.29, 1.82) is 0 Å². The maximum Gasteiger partial charge on any atom is 0.307 e. The van der Waals surface area contributed by atoms with Gasteiger partial charge in [0.1, 0.15) is 0 Å². The molecule has 0 bridgehead atoms. The smallest absolute Gasteiger partial charge is 0.307 e. The Bertz CT molecular complexity index is 928. The van der Waals surface area contributed by atoms with Gasteiger partial charge in [-0.2, -0.15) is 0 Å². The average molecular weight is 403 g/mol. The third kappa shape index (κ3) is 5.71. The third-order valence-corrected chi connectivity index (χ3v) is 5.35. The lowest BCUT2D eigenvalue weighted by Gasteiger charge is -2.37. The molecule has 0 aliphatic rings. The number of ether oxygens (including phenoxy) is 1. The van der Waals surface area contributed by atoms with Crippen LogP contribution in [0.5, 0.6) is 0 Å². The predicted molar refractivity (Wildman–Crippen MR) is 122 cm³/mol. The van der Waals surface area contributed by atoms with Crippen molar-refractivity contribution in [3.8, 4) is 0 Å². The Labute approximate surface area is 179 Å². The summed E-state index contributed by atoms with van der Waals surface area (Å²) >= 11 is 0. The summed E-state index contributed by atoms with van der Waals surface area (Å²) in [5.41, 5.74) is 10.2. The van der Waals surface area contributed by atoms with Gasteiger partial charge in [-0.1, -0.05) is 72.8 Å². The van der Waals surface area contributed by atoms with Crippen molar-refractivity contribution in [1.82, 2.24) is 4.90 Å². The number of carbonyl (C=O) groups is 1. The second kappa shape index (κ2) is 10.6. The van der Waals surface area contributed by atoms with E-state index in [1.54, 1.807) is 0 Å². The molecule has 0 amide bonds. The van der Waals surface area contributed by atoms with E-state index in [9.17, 15) is 4.79 Å². The minimum absolute atomic E-state index is 0.0901. The molecule has 30 heavy (non-hydrogen) atoms. The molecule has 3 aromatic rings. The van der Waals surface area contributed by atoms with Crippen LogP contribution in [-0.2, 0) is 16.1 Å². The number of nitrogens with zero attached hydrogens (tertiary/aromatic N) is 1. The van der Waals surface area contributed by atoms with Gasteiger partial charge in [0.2, 0.25) is 0 Å². The number of hydrogen-bond donors (Lipinski definition) is 1. The summed E-state index contributed by atoms with van der Waals surface area (Å²) in [5.74, 6) is -0.205. The number of nitrogens with two attached hydrogens (primary N) is 1. The van der Waals surface area contributed by atoms with Gasteiger partial charge < -0.3 is 10.5 Å². The van der Waals surface area contributed by atoms with Gasteiger partial charge in [0.15, 0.2) is 0 Å². The minimum Gasteiger partial charge on any atom is -0.466 e. The van der Waals surface area contributed by atoms with Gasteiger partial charge in [0.25, 0.3) is 0 Å². The molecule has 3 rings (SSSR count). The first kappa shape index (κ1) is 21.6. The zero-order chi connectivity index (χ0) is 21.3. The number of benzene rings is 3. The van der Waals surface area contributed by atoms with Crippen LogP contribution in [0.4, 0.5) is 5.69 Å². The van der Waals surface area contributed by atoms with Crippen molar-refractivity contribution in [2.45, 2.75) is 38.9 Å². The molecule has 4 heteroatoms. The Hall–Kier alpha value is -3.11. The first-order valence-corrected chi connectivity index (χ1v) is 10.4. The lowest BCUT2D eigenvalue weighted by Crippen LogP contribution is -2.33. The molecule has 2 atom stereocenters. The summed E-state index contributed by atoms with van der Waals surface area (Å²) < 4.78 is 5.31. The number of carbonyl (C=O) groups excluding carboxylic acids is 1. The number of anilines is 1. The third-order valence-electron chi connectivity index (χ3n) is 5.35. The van der Waals surface area contributed by atoms with Crippen LogP contribution >= 0.6 is 0 Å². The Balaban J connectivity index is 2.03. The van der Waals surface area contributed by atoms with Crippen molar-refractivity contribution in [2.75, 3.05) is 12.3 Å². The second-order valence-corrected chi connectivity index (χ2v) is 7.44. The summed E-state index contributed by atoms with van der Waals surface area (Å²) in [6.45, 7) is 5.09. The van der Waals surface area contributed by atoms with Gasteiger partial charge in [-0.3, -0.25) is 9.69 Å². The molecule has 0 radical (unpaired) electrons. The van der Waals surface area contributed by atoms with Crippen molar-refractivity contribution in [2.24, 2.45) is 0 Å². The van der Waals surface area contributed by atoms with Crippen molar-refractivity contribution in [3.63, 3.8) is 0 Å². The first-order chi connectivity index (χ1) is 14.6. The highest BCUT2D eigenvalue weighted by Gasteiger charge is 2.29. The summed E-state index contributed by atoms with van der Waals surface area (Å²) in [7, 11) is 0. The number of hydrogen-bond acceptors (Lipinski definition) is 4. The first-order valence-electron chi connectivity index (χ1n) is 10.4. The fraction of sp³-hybridized carbons (Fsp3) is 0.269. The van der Waals surface area contributed by atoms with E-state index in [1.807, 2.05) is 67.6 Å². The zero-order valence-corrected chi connectivity index (χ0v) is 17.7. The van der Waals surface area contributed by atoms with Gasteiger partial charge in [-0.15, -0.1) is 0 Å². The Morgan fingerprint density at radius 1 is 0.933 bits per heavy atom. The van der Waals surface area contributed by atoms with Crippen LogP contribution < -0.4 is 5.73 Å². The van der Waals surface area contributed by atoms with E-state index in [1.165, 1.54) is 11.1 Å². The fourth-order valence-electron chi connectivity index (χ4n) is 3.80. The number of esters is 1. The van der Waals surface area contributed by atoms with Crippen LogP contribution in [0.15, 0.2) is 84.9 Å². The van der Waals surface area contributed by atoms with Crippen LogP contribution in [0.2, 0.25) is 0 Å². The van der Waals surface area contributed by atoms with E-state index in [0.717, 1.165) is 5.56 Å². The van der Waals surface area contributed by atoms with E-state index >= 15 is 0 Å². The van der Waals surface area contributed by atoms with Crippen LogP contribution in [-0.4, -0.2) is 17.5 Å². The van der Waals surface area contributed by atoms with E-state index in [0.29, 0.717) is 18.8 Å². The molecule has 4 nitrogen and oxygen atoms in total. The predicted octanol–water partition coefficient (Wildman–Crippen LogP) is 5.53. The SMILES string of the molecule is CCOC(=O)C[C@@H](c1cccc(N)c1)N(Cc1ccccc1)[C@H](C)c1ccccc1. The monoisotopic (exact) mass is 402 g/mol. The molecule has 3 aromatic carbocycles.